The third kappa shape index (κ3) is 3.57. The molecule has 0 bridgehead atoms. The van der Waals surface area contributed by atoms with Crippen LogP contribution in [0.4, 0.5) is 0 Å². The van der Waals surface area contributed by atoms with E-state index in [0.29, 0.717) is 10.9 Å². The average molecular weight is 385 g/mol. The second kappa shape index (κ2) is 7.25. The van der Waals surface area contributed by atoms with E-state index in [1.54, 1.807) is 0 Å². The van der Waals surface area contributed by atoms with Gasteiger partial charge in [-0.1, -0.05) is 24.4 Å². The highest BCUT2D eigenvalue weighted by atomic mass is 35.5. The van der Waals surface area contributed by atoms with Crippen LogP contribution in [0, 0.1) is 5.92 Å². The Balaban J connectivity index is 1.94. The Hall–Kier alpha value is -1.11. The number of hydrogen-bond donors (Lipinski definition) is 0. The number of benzene rings is 1. The molecule has 1 aromatic rings. The molecule has 1 amide bonds. The van der Waals surface area contributed by atoms with Crippen LogP contribution in [0.3, 0.4) is 0 Å². The SMILES string of the molecule is CN(C)S(=O)(=O)c1ccc(Cl)c(C(=O)N2CCC[C@@H]3CCCC[C@H]32)c1. The van der Waals surface area contributed by atoms with Crippen molar-refractivity contribution in [3.63, 3.8) is 0 Å². The molecule has 2 fully saturated rings. The lowest BCUT2D eigenvalue weighted by atomic mass is 9.78. The quantitative estimate of drug-likeness (QED) is 0.802. The Bertz CT molecular complexity index is 762. The number of amides is 1. The smallest absolute Gasteiger partial charge is 0.255 e. The molecule has 1 heterocycles. The maximum atomic E-state index is 13.2. The maximum absolute atomic E-state index is 13.2. The van der Waals surface area contributed by atoms with Crippen molar-refractivity contribution in [3.05, 3.63) is 28.8 Å². The van der Waals surface area contributed by atoms with E-state index in [-0.39, 0.29) is 22.4 Å². The number of carbonyl (C=O) groups is 1. The molecule has 1 saturated heterocycles. The van der Waals surface area contributed by atoms with Gasteiger partial charge >= 0.3 is 0 Å². The van der Waals surface area contributed by atoms with Crippen molar-refractivity contribution in [1.29, 1.82) is 0 Å². The van der Waals surface area contributed by atoms with Gasteiger partial charge in [-0.15, -0.1) is 0 Å². The molecule has 25 heavy (non-hydrogen) atoms. The fraction of sp³-hybridized carbons (Fsp3) is 0.611. The minimum absolute atomic E-state index is 0.0995. The molecule has 0 N–H and O–H groups in total. The Labute approximate surface area is 155 Å². The molecule has 138 valence electrons. The van der Waals surface area contributed by atoms with E-state index in [1.165, 1.54) is 51.6 Å². The Morgan fingerprint density at radius 3 is 2.56 bits per heavy atom. The van der Waals surface area contributed by atoms with Crippen molar-refractivity contribution in [2.24, 2.45) is 5.92 Å². The molecule has 0 unspecified atom stereocenters. The zero-order valence-electron chi connectivity index (χ0n) is 14.7. The van der Waals surface area contributed by atoms with Crippen LogP contribution in [-0.2, 0) is 10.0 Å². The zero-order valence-corrected chi connectivity index (χ0v) is 16.3. The molecular weight excluding hydrogens is 360 g/mol. The highest BCUT2D eigenvalue weighted by Gasteiger charge is 2.36. The van der Waals surface area contributed by atoms with Gasteiger partial charge in [-0.05, 0) is 49.8 Å². The average Bonchev–Trinajstić information content (AvgIpc) is 2.60. The van der Waals surface area contributed by atoms with Crippen molar-refractivity contribution in [2.45, 2.75) is 49.5 Å². The first-order valence-corrected chi connectivity index (χ1v) is 10.7. The van der Waals surface area contributed by atoms with Gasteiger partial charge in [-0.25, -0.2) is 12.7 Å². The molecule has 5 nitrogen and oxygen atoms in total. The summed E-state index contributed by atoms with van der Waals surface area (Å²) in [4.78, 5) is 15.2. The second-order valence-electron chi connectivity index (χ2n) is 7.18. The third-order valence-electron chi connectivity index (χ3n) is 5.45. The minimum atomic E-state index is -3.60. The molecule has 7 heteroatoms. The number of rotatable bonds is 3. The van der Waals surface area contributed by atoms with Crippen LogP contribution in [0.5, 0.6) is 0 Å². The normalized spacial score (nSPS) is 24.2. The highest BCUT2D eigenvalue weighted by molar-refractivity contribution is 7.89. The standard InChI is InChI=1S/C18H25ClN2O3S/c1-20(2)25(23,24)14-9-10-16(19)15(12-14)18(22)21-11-5-7-13-6-3-4-8-17(13)21/h9-10,12-13,17H,3-8,11H2,1-2H3/t13-,17+/m0/s1. The summed E-state index contributed by atoms with van der Waals surface area (Å²) < 4.78 is 25.9. The predicted octanol–water partition coefficient (Wildman–Crippen LogP) is 3.39. The maximum Gasteiger partial charge on any atom is 0.255 e. The van der Waals surface area contributed by atoms with E-state index in [4.69, 9.17) is 11.6 Å². The van der Waals surface area contributed by atoms with Gasteiger partial charge in [0.05, 0.1) is 15.5 Å². The van der Waals surface area contributed by atoms with Crippen molar-refractivity contribution < 1.29 is 13.2 Å². The summed E-state index contributed by atoms with van der Waals surface area (Å²) >= 11 is 6.26. The van der Waals surface area contributed by atoms with Gasteiger partial charge in [0.15, 0.2) is 0 Å². The number of likely N-dealkylation sites (tertiary alicyclic amines) is 1. The highest BCUT2D eigenvalue weighted by Crippen LogP contribution is 2.36. The fourth-order valence-corrected chi connectivity index (χ4v) is 5.20. The van der Waals surface area contributed by atoms with Crippen molar-refractivity contribution in [3.8, 4) is 0 Å². The third-order valence-corrected chi connectivity index (χ3v) is 7.59. The molecule has 0 aromatic heterocycles. The topological polar surface area (TPSA) is 57.7 Å². The van der Waals surface area contributed by atoms with E-state index in [2.05, 4.69) is 0 Å². The largest absolute Gasteiger partial charge is 0.335 e. The predicted molar refractivity (Wildman–Crippen MR) is 98.3 cm³/mol. The van der Waals surface area contributed by atoms with Gasteiger partial charge in [-0.3, -0.25) is 4.79 Å². The van der Waals surface area contributed by atoms with Gasteiger partial charge in [-0.2, -0.15) is 0 Å². The van der Waals surface area contributed by atoms with Gasteiger partial charge in [0, 0.05) is 26.7 Å². The molecule has 1 aromatic carbocycles. The summed E-state index contributed by atoms with van der Waals surface area (Å²) in [5.74, 6) is 0.427. The van der Waals surface area contributed by atoms with Gasteiger partial charge < -0.3 is 4.90 Å². The number of nitrogens with zero attached hydrogens (tertiary/aromatic N) is 2. The van der Waals surface area contributed by atoms with E-state index < -0.39 is 10.0 Å². The van der Waals surface area contributed by atoms with Gasteiger partial charge in [0.2, 0.25) is 10.0 Å². The molecule has 1 aliphatic heterocycles. The van der Waals surface area contributed by atoms with E-state index >= 15 is 0 Å². The summed E-state index contributed by atoms with van der Waals surface area (Å²) in [6.45, 7) is 0.723. The Morgan fingerprint density at radius 2 is 1.84 bits per heavy atom. The Kier molecular flexibility index (Phi) is 5.42. The lowest BCUT2D eigenvalue weighted by Gasteiger charge is -2.44. The summed E-state index contributed by atoms with van der Waals surface area (Å²) in [7, 11) is -0.650. The molecular formula is C18H25ClN2O3S. The van der Waals surface area contributed by atoms with Crippen LogP contribution in [-0.4, -0.2) is 50.2 Å². The van der Waals surface area contributed by atoms with Crippen LogP contribution >= 0.6 is 11.6 Å². The monoisotopic (exact) mass is 384 g/mol. The molecule has 2 atom stereocenters. The first-order chi connectivity index (χ1) is 11.8. The number of piperidine rings is 1. The molecule has 1 saturated carbocycles. The number of fused-ring (bicyclic) bond motifs is 1. The Morgan fingerprint density at radius 1 is 1.16 bits per heavy atom. The molecule has 0 radical (unpaired) electrons. The lowest BCUT2D eigenvalue weighted by molar-refractivity contribution is 0.0390. The molecule has 3 rings (SSSR count). The molecule has 1 aliphatic carbocycles. The van der Waals surface area contributed by atoms with E-state index in [1.807, 2.05) is 4.90 Å². The first-order valence-electron chi connectivity index (χ1n) is 8.85. The summed E-state index contributed by atoms with van der Waals surface area (Å²) in [6, 6.07) is 4.65. The second-order valence-corrected chi connectivity index (χ2v) is 9.74. The van der Waals surface area contributed by atoms with Crippen molar-refractivity contribution in [2.75, 3.05) is 20.6 Å². The van der Waals surface area contributed by atoms with Crippen LogP contribution in [0.1, 0.15) is 48.9 Å². The zero-order chi connectivity index (χ0) is 18.2. The van der Waals surface area contributed by atoms with Crippen LogP contribution in [0.2, 0.25) is 5.02 Å². The van der Waals surface area contributed by atoms with Crippen LogP contribution in [0.25, 0.3) is 0 Å². The summed E-state index contributed by atoms with van der Waals surface area (Å²) in [5.41, 5.74) is 0.288. The van der Waals surface area contributed by atoms with Crippen molar-refractivity contribution in [1.82, 2.24) is 9.21 Å². The van der Waals surface area contributed by atoms with Gasteiger partial charge in [0.1, 0.15) is 0 Å². The van der Waals surface area contributed by atoms with Gasteiger partial charge in [0.25, 0.3) is 5.91 Å². The van der Waals surface area contributed by atoms with E-state index in [0.717, 1.165) is 30.1 Å². The minimum Gasteiger partial charge on any atom is -0.335 e. The summed E-state index contributed by atoms with van der Waals surface area (Å²) in [6.07, 6.45) is 6.77. The number of hydrogen-bond acceptors (Lipinski definition) is 3. The molecule has 2 aliphatic rings. The first kappa shape index (κ1) is 18.7. The van der Waals surface area contributed by atoms with Crippen molar-refractivity contribution >= 4 is 27.5 Å². The van der Waals surface area contributed by atoms with Crippen LogP contribution in [0.15, 0.2) is 23.1 Å². The van der Waals surface area contributed by atoms with Crippen LogP contribution < -0.4 is 0 Å². The number of sulfonamides is 1. The lowest BCUT2D eigenvalue weighted by Crippen LogP contribution is -2.49. The fourth-order valence-electron chi connectivity index (χ4n) is 4.07. The van der Waals surface area contributed by atoms with E-state index in [9.17, 15) is 13.2 Å². The number of halogens is 1. The summed E-state index contributed by atoms with van der Waals surface area (Å²) in [5, 5.41) is 0.306. The molecule has 0 spiro atoms. The number of carbonyl (C=O) groups excluding carboxylic acids is 1.